The topological polar surface area (TPSA) is 46.3 Å². The highest BCUT2D eigenvalue weighted by atomic mass is 16.2. The lowest BCUT2D eigenvalue weighted by Gasteiger charge is -2.39. The standard InChI is InChI=1S/C13H24N2O/c1-10-9-12(14)7-8-15(10)13(16)11-5-3-2-4-6-11/h10-12H,2-9,14H2,1H3. The van der Waals surface area contributed by atoms with Crippen LogP contribution in [-0.2, 0) is 4.79 Å². The molecule has 16 heavy (non-hydrogen) atoms. The van der Waals surface area contributed by atoms with Gasteiger partial charge in [0.15, 0.2) is 0 Å². The van der Waals surface area contributed by atoms with Crippen LogP contribution in [0.5, 0.6) is 0 Å². The van der Waals surface area contributed by atoms with Gasteiger partial charge in [-0.05, 0) is 32.6 Å². The molecule has 0 aromatic rings. The van der Waals surface area contributed by atoms with Gasteiger partial charge in [-0.3, -0.25) is 4.79 Å². The van der Waals surface area contributed by atoms with Gasteiger partial charge < -0.3 is 10.6 Å². The fourth-order valence-electron chi connectivity index (χ4n) is 3.12. The number of piperidine rings is 1. The van der Waals surface area contributed by atoms with Crippen molar-refractivity contribution in [3.05, 3.63) is 0 Å². The summed E-state index contributed by atoms with van der Waals surface area (Å²) in [5, 5.41) is 0. The van der Waals surface area contributed by atoms with E-state index in [1.807, 2.05) is 0 Å². The van der Waals surface area contributed by atoms with Crippen LogP contribution in [0.15, 0.2) is 0 Å². The molecule has 1 amide bonds. The normalized spacial score (nSPS) is 32.8. The number of hydrogen-bond acceptors (Lipinski definition) is 2. The van der Waals surface area contributed by atoms with E-state index in [1.165, 1.54) is 19.3 Å². The van der Waals surface area contributed by atoms with Gasteiger partial charge in [-0.2, -0.15) is 0 Å². The number of carbonyl (C=O) groups excluding carboxylic acids is 1. The monoisotopic (exact) mass is 224 g/mol. The third-order valence-electron chi connectivity index (χ3n) is 4.15. The number of likely N-dealkylation sites (tertiary alicyclic amines) is 1. The van der Waals surface area contributed by atoms with Crippen LogP contribution < -0.4 is 5.73 Å². The first-order chi connectivity index (χ1) is 7.68. The van der Waals surface area contributed by atoms with E-state index in [4.69, 9.17) is 5.73 Å². The van der Waals surface area contributed by atoms with Crippen LogP contribution in [0.2, 0.25) is 0 Å². The maximum absolute atomic E-state index is 12.4. The van der Waals surface area contributed by atoms with Crippen molar-refractivity contribution < 1.29 is 4.79 Å². The predicted molar refractivity (Wildman–Crippen MR) is 65.0 cm³/mol. The average Bonchev–Trinajstić information content (AvgIpc) is 2.29. The molecular weight excluding hydrogens is 200 g/mol. The smallest absolute Gasteiger partial charge is 0.225 e. The highest BCUT2D eigenvalue weighted by Crippen LogP contribution is 2.28. The summed E-state index contributed by atoms with van der Waals surface area (Å²) in [5.41, 5.74) is 5.93. The van der Waals surface area contributed by atoms with Gasteiger partial charge in [0.05, 0.1) is 0 Å². The number of nitrogens with two attached hydrogens (primary N) is 1. The van der Waals surface area contributed by atoms with E-state index in [-0.39, 0.29) is 0 Å². The third-order valence-corrected chi connectivity index (χ3v) is 4.15. The predicted octanol–water partition coefficient (Wildman–Crippen LogP) is 1.90. The van der Waals surface area contributed by atoms with Crippen LogP contribution in [0, 0.1) is 5.92 Å². The van der Waals surface area contributed by atoms with Crippen molar-refractivity contribution in [2.45, 2.75) is 64.0 Å². The van der Waals surface area contributed by atoms with Gasteiger partial charge in [0.2, 0.25) is 5.91 Å². The van der Waals surface area contributed by atoms with Crippen molar-refractivity contribution in [2.75, 3.05) is 6.54 Å². The van der Waals surface area contributed by atoms with Gasteiger partial charge in [0.25, 0.3) is 0 Å². The Balaban J connectivity index is 1.92. The van der Waals surface area contributed by atoms with Crippen molar-refractivity contribution in [3.63, 3.8) is 0 Å². The first-order valence-corrected chi connectivity index (χ1v) is 6.74. The molecule has 2 atom stereocenters. The number of carbonyl (C=O) groups is 1. The number of nitrogens with zero attached hydrogens (tertiary/aromatic N) is 1. The molecule has 2 N–H and O–H groups in total. The molecule has 1 saturated carbocycles. The molecule has 1 saturated heterocycles. The maximum Gasteiger partial charge on any atom is 0.225 e. The first-order valence-electron chi connectivity index (χ1n) is 6.74. The Labute approximate surface area is 98.4 Å². The van der Waals surface area contributed by atoms with Crippen molar-refractivity contribution in [1.29, 1.82) is 0 Å². The summed E-state index contributed by atoms with van der Waals surface area (Å²) in [7, 11) is 0. The Bertz CT molecular complexity index is 248. The van der Waals surface area contributed by atoms with E-state index >= 15 is 0 Å². The molecular formula is C13H24N2O. The average molecular weight is 224 g/mol. The zero-order chi connectivity index (χ0) is 11.5. The van der Waals surface area contributed by atoms with Gasteiger partial charge >= 0.3 is 0 Å². The molecule has 2 rings (SSSR count). The molecule has 2 unspecified atom stereocenters. The highest BCUT2D eigenvalue weighted by molar-refractivity contribution is 5.79. The van der Waals surface area contributed by atoms with E-state index in [2.05, 4.69) is 11.8 Å². The molecule has 3 nitrogen and oxygen atoms in total. The van der Waals surface area contributed by atoms with E-state index in [9.17, 15) is 4.79 Å². The van der Waals surface area contributed by atoms with Crippen molar-refractivity contribution >= 4 is 5.91 Å². The van der Waals surface area contributed by atoms with Gasteiger partial charge in [-0.25, -0.2) is 0 Å². The molecule has 92 valence electrons. The summed E-state index contributed by atoms with van der Waals surface area (Å²) < 4.78 is 0. The lowest BCUT2D eigenvalue weighted by Crippen LogP contribution is -2.50. The van der Waals surface area contributed by atoms with Crippen molar-refractivity contribution in [3.8, 4) is 0 Å². The Morgan fingerprint density at radius 3 is 2.50 bits per heavy atom. The minimum absolute atomic E-state index is 0.297. The quantitative estimate of drug-likeness (QED) is 0.739. The molecule has 2 aliphatic rings. The van der Waals surface area contributed by atoms with Gasteiger partial charge in [-0.1, -0.05) is 19.3 Å². The van der Waals surface area contributed by atoms with Gasteiger partial charge in [-0.15, -0.1) is 0 Å². The van der Waals surface area contributed by atoms with Crippen molar-refractivity contribution in [2.24, 2.45) is 11.7 Å². The van der Waals surface area contributed by atoms with E-state index in [0.29, 0.717) is 23.9 Å². The minimum Gasteiger partial charge on any atom is -0.340 e. The molecule has 0 aromatic heterocycles. The second kappa shape index (κ2) is 5.17. The van der Waals surface area contributed by atoms with Crippen molar-refractivity contribution in [1.82, 2.24) is 4.90 Å². The zero-order valence-electron chi connectivity index (χ0n) is 10.3. The van der Waals surface area contributed by atoms with E-state index in [1.54, 1.807) is 0 Å². The van der Waals surface area contributed by atoms with Crippen LogP contribution in [0.25, 0.3) is 0 Å². The molecule has 0 spiro atoms. The Hall–Kier alpha value is -0.570. The first kappa shape index (κ1) is 11.9. The number of rotatable bonds is 1. The fourth-order valence-corrected chi connectivity index (χ4v) is 3.12. The van der Waals surface area contributed by atoms with E-state index in [0.717, 1.165) is 32.2 Å². The second-order valence-corrected chi connectivity index (χ2v) is 5.50. The molecule has 0 radical (unpaired) electrons. The fraction of sp³-hybridized carbons (Fsp3) is 0.923. The zero-order valence-corrected chi connectivity index (χ0v) is 10.3. The Morgan fingerprint density at radius 2 is 1.88 bits per heavy atom. The largest absolute Gasteiger partial charge is 0.340 e. The summed E-state index contributed by atoms with van der Waals surface area (Å²) in [6.07, 6.45) is 7.93. The minimum atomic E-state index is 0.297. The summed E-state index contributed by atoms with van der Waals surface area (Å²) in [4.78, 5) is 14.4. The van der Waals surface area contributed by atoms with Crippen LogP contribution >= 0.6 is 0 Å². The lowest BCUT2D eigenvalue weighted by atomic mass is 9.87. The molecule has 1 aliphatic carbocycles. The summed E-state index contributed by atoms with van der Waals surface area (Å²) >= 11 is 0. The summed E-state index contributed by atoms with van der Waals surface area (Å²) in [5.74, 6) is 0.713. The van der Waals surface area contributed by atoms with Crippen LogP contribution in [0.1, 0.15) is 51.9 Å². The van der Waals surface area contributed by atoms with Gasteiger partial charge in [0, 0.05) is 24.5 Å². The summed E-state index contributed by atoms with van der Waals surface area (Å²) in [6, 6.07) is 0.642. The molecule has 3 heteroatoms. The molecule has 0 bridgehead atoms. The third kappa shape index (κ3) is 2.57. The maximum atomic E-state index is 12.4. The number of amides is 1. The second-order valence-electron chi connectivity index (χ2n) is 5.50. The molecule has 1 aliphatic heterocycles. The lowest BCUT2D eigenvalue weighted by molar-refractivity contribution is -0.140. The highest BCUT2D eigenvalue weighted by Gasteiger charge is 2.31. The SMILES string of the molecule is CC1CC(N)CCN1C(=O)C1CCCCC1. The summed E-state index contributed by atoms with van der Waals surface area (Å²) in [6.45, 7) is 3.01. The molecule has 2 fully saturated rings. The Kier molecular flexibility index (Phi) is 3.85. The number of hydrogen-bond donors (Lipinski definition) is 1. The van der Waals surface area contributed by atoms with Crippen LogP contribution in [0.3, 0.4) is 0 Å². The van der Waals surface area contributed by atoms with E-state index < -0.39 is 0 Å². The Morgan fingerprint density at radius 1 is 1.19 bits per heavy atom. The van der Waals surface area contributed by atoms with Crippen LogP contribution in [0.4, 0.5) is 0 Å². The van der Waals surface area contributed by atoms with Crippen LogP contribution in [-0.4, -0.2) is 29.4 Å². The molecule has 1 heterocycles. The van der Waals surface area contributed by atoms with Gasteiger partial charge in [0.1, 0.15) is 0 Å². The molecule has 0 aromatic carbocycles.